The van der Waals surface area contributed by atoms with E-state index in [4.69, 9.17) is 9.47 Å². The quantitative estimate of drug-likeness (QED) is 0.285. The van der Waals surface area contributed by atoms with E-state index in [1.165, 1.54) is 32.1 Å². The first-order chi connectivity index (χ1) is 15.2. The first kappa shape index (κ1) is 26.1. The molecule has 0 N–H and O–H groups in total. The summed E-state index contributed by atoms with van der Waals surface area (Å²) in [6.45, 7) is 12.5. The third-order valence-electron chi connectivity index (χ3n) is 6.75. The Kier molecular flexibility index (Phi) is 10.4. The maximum Gasteiger partial charge on any atom is 0.410 e. The van der Waals surface area contributed by atoms with Gasteiger partial charge in [0, 0.05) is 25.8 Å². The van der Waals surface area contributed by atoms with Crippen LogP contribution in [0.4, 0.5) is 4.79 Å². The molecular weight excluding hydrogens is 400 g/mol. The van der Waals surface area contributed by atoms with Crippen molar-refractivity contribution < 1.29 is 14.3 Å². The fourth-order valence-electron chi connectivity index (χ4n) is 4.41. The second-order valence-corrected chi connectivity index (χ2v) is 9.61. The molecule has 180 valence electrons. The molecule has 2 aliphatic carbocycles. The molecule has 0 spiro atoms. The number of nitrogens with zero attached hydrogens (tertiary/aromatic N) is 2. The molecular formula is C27H44N2O3. The molecule has 0 radical (unpaired) electrons. The van der Waals surface area contributed by atoms with Gasteiger partial charge in [0.2, 0.25) is 0 Å². The maximum atomic E-state index is 12.5. The van der Waals surface area contributed by atoms with Gasteiger partial charge in [-0.1, -0.05) is 31.4 Å². The number of ether oxygens (including phenoxy) is 2. The number of hydrogen-bond donors (Lipinski definition) is 0. The fourth-order valence-corrected chi connectivity index (χ4v) is 4.41. The molecule has 0 unspecified atom stereocenters. The molecule has 2 fully saturated rings. The zero-order valence-electron chi connectivity index (χ0n) is 21.2. The van der Waals surface area contributed by atoms with E-state index in [0.29, 0.717) is 12.1 Å². The lowest BCUT2D eigenvalue weighted by Crippen LogP contribution is -2.36. The van der Waals surface area contributed by atoms with Crippen LogP contribution in [0.3, 0.4) is 0 Å². The van der Waals surface area contributed by atoms with E-state index < -0.39 is 0 Å². The number of allylic oxidation sites excluding steroid dienone is 5. The van der Waals surface area contributed by atoms with Crippen LogP contribution in [0.1, 0.15) is 85.5 Å². The van der Waals surface area contributed by atoms with Crippen molar-refractivity contribution in [2.45, 2.75) is 97.6 Å². The molecule has 2 aliphatic rings. The van der Waals surface area contributed by atoms with Crippen LogP contribution >= 0.6 is 0 Å². The summed E-state index contributed by atoms with van der Waals surface area (Å²) in [5.41, 5.74) is 4.10. The molecule has 5 heteroatoms. The van der Waals surface area contributed by atoms with Crippen LogP contribution in [0.25, 0.3) is 0 Å². The summed E-state index contributed by atoms with van der Waals surface area (Å²) in [6.07, 6.45) is 14.7. The largest absolute Gasteiger partial charge is 0.490 e. The topological polar surface area (TPSA) is 42.0 Å². The Balaban J connectivity index is 2.01. The van der Waals surface area contributed by atoms with Crippen molar-refractivity contribution >= 4 is 6.09 Å². The van der Waals surface area contributed by atoms with Crippen molar-refractivity contribution in [1.29, 1.82) is 0 Å². The van der Waals surface area contributed by atoms with E-state index in [9.17, 15) is 4.79 Å². The summed E-state index contributed by atoms with van der Waals surface area (Å²) in [6, 6.07) is 0.312. The van der Waals surface area contributed by atoms with E-state index in [0.717, 1.165) is 54.0 Å². The average molecular weight is 445 g/mol. The molecule has 0 aliphatic heterocycles. The van der Waals surface area contributed by atoms with Gasteiger partial charge in [0.15, 0.2) is 0 Å². The van der Waals surface area contributed by atoms with Gasteiger partial charge in [0.1, 0.15) is 12.4 Å². The first-order valence-corrected chi connectivity index (χ1v) is 12.2. The van der Waals surface area contributed by atoms with Crippen molar-refractivity contribution in [3.05, 3.63) is 47.0 Å². The Labute approximate surface area is 195 Å². The van der Waals surface area contributed by atoms with Gasteiger partial charge in [-0.05, 0) is 83.9 Å². The third-order valence-corrected chi connectivity index (χ3v) is 6.75. The lowest BCUT2D eigenvalue weighted by atomic mass is 9.97. The SMILES string of the molecule is C=C(C)/C(=C\C=C(/C)N(C)C(COC(=O)N(C)C1CCCC1)=C(C)C)OC1CCCCC1. The molecule has 0 aromatic carbocycles. The van der Waals surface area contributed by atoms with E-state index >= 15 is 0 Å². The third kappa shape index (κ3) is 7.75. The minimum absolute atomic E-state index is 0.240. The Morgan fingerprint density at radius 3 is 2.09 bits per heavy atom. The highest BCUT2D eigenvalue weighted by Gasteiger charge is 2.25. The summed E-state index contributed by atoms with van der Waals surface area (Å²) < 4.78 is 11.9. The molecule has 0 aromatic heterocycles. The monoisotopic (exact) mass is 444 g/mol. The van der Waals surface area contributed by atoms with E-state index in [2.05, 4.69) is 38.3 Å². The van der Waals surface area contributed by atoms with Crippen LogP contribution in [0.2, 0.25) is 0 Å². The van der Waals surface area contributed by atoms with Crippen molar-refractivity contribution in [3.8, 4) is 0 Å². The Morgan fingerprint density at radius 2 is 1.53 bits per heavy atom. The minimum atomic E-state index is -0.240. The highest BCUT2D eigenvalue weighted by Crippen LogP contribution is 2.25. The molecule has 32 heavy (non-hydrogen) atoms. The Morgan fingerprint density at radius 1 is 0.938 bits per heavy atom. The highest BCUT2D eigenvalue weighted by molar-refractivity contribution is 5.67. The number of amides is 1. The number of carbonyl (C=O) groups excluding carboxylic acids is 1. The molecule has 0 aromatic rings. The van der Waals surface area contributed by atoms with Gasteiger partial charge in [-0.25, -0.2) is 4.79 Å². The van der Waals surface area contributed by atoms with Crippen LogP contribution in [0, 0.1) is 0 Å². The smallest absolute Gasteiger partial charge is 0.410 e. The lowest BCUT2D eigenvalue weighted by molar-refractivity contribution is 0.0875. The predicted molar refractivity (Wildman–Crippen MR) is 132 cm³/mol. The van der Waals surface area contributed by atoms with Gasteiger partial charge in [-0.3, -0.25) is 0 Å². The second-order valence-electron chi connectivity index (χ2n) is 9.61. The molecule has 0 bridgehead atoms. The average Bonchev–Trinajstić information content (AvgIpc) is 3.30. The van der Waals surface area contributed by atoms with Crippen molar-refractivity contribution in [2.75, 3.05) is 20.7 Å². The molecule has 2 rings (SSSR count). The number of likely N-dealkylation sites (N-methyl/N-ethyl adjacent to an activating group) is 1. The van der Waals surface area contributed by atoms with Crippen molar-refractivity contribution in [2.24, 2.45) is 0 Å². The lowest BCUT2D eigenvalue weighted by Gasteiger charge is -2.28. The van der Waals surface area contributed by atoms with Crippen molar-refractivity contribution in [3.63, 3.8) is 0 Å². The second kappa shape index (κ2) is 12.8. The predicted octanol–water partition coefficient (Wildman–Crippen LogP) is 6.94. The molecule has 0 heterocycles. The zero-order valence-corrected chi connectivity index (χ0v) is 21.2. The Hall–Kier alpha value is -2.17. The van der Waals surface area contributed by atoms with Gasteiger partial charge < -0.3 is 19.3 Å². The number of hydrogen-bond acceptors (Lipinski definition) is 4. The van der Waals surface area contributed by atoms with Crippen LogP contribution in [-0.4, -0.2) is 48.7 Å². The van der Waals surface area contributed by atoms with E-state index in [1.54, 1.807) is 4.90 Å². The fraction of sp³-hybridized carbons (Fsp3) is 0.667. The van der Waals surface area contributed by atoms with Gasteiger partial charge in [-0.15, -0.1) is 0 Å². The van der Waals surface area contributed by atoms with E-state index in [-0.39, 0.29) is 12.7 Å². The van der Waals surface area contributed by atoms with Gasteiger partial charge >= 0.3 is 6.09 Å². The maximum absolute atomic E-state index is 12.5. The van der Waals surface area contributed by atoms with Crippen LogP contribution < -0.4 is 0 Å². The van der Waals surface area contributed by atoms with Crippen LogP contribution in [0.5, 0.6) is 0 Å². The molecule has 0 saturated heterocycles. The summed E-state index contributed by atoms with van der Waals surface area (Å²) >= 11 is 0. The van der Waals surface area contributed by atoms with E-state index in [1.807, 2.05) is 27.1 Å². The Bertz CT molecular complexity index is 734. The van der Waals surface area contributed by atoms with Gasteiger partial charge in [0.25, 0.3) is 0 Å². The molecule has 2 saturated carbocycles. The first-order valence-electron chi connectivity index (χ1n) is 12.2. The number of rotatable bonds is 9. The summed E-state index contributed by atoms with van der Waals surface area (Å²) in [7, 11) is 3.87. The van der Waals surface area contributed by atoms with Crippen LogP contribution in [0.15, 0.2) is 47.0 Å². The number of carbonyl (C=O) groups is 1. The van der Waals surface area contributed by atoms with Gasteiger partial charge in [0.05, 0.1) is 11.8 Å². The van der Waals surface area contributed by atoms with Crippen molar-refractivity contribution in [1.82, 2.24) is 9.80 Å². The standard InChI is InChI=1S/C27H44N2O3/c1-20(2)25(19-31-27(30)29(7)23-13-11-12-14-23)28(6)22(5)17-18-26(21(3)4)32-24-15-9-8-10-16-24/h17-18,23-24H,3,8-16,19H2,1-2,4-7H3/b22-17+,26-18+. The molecule has 1 amide bonds. The zero-order chi connectivity index (χ0) is 23.7. The summed E-state index contributed by atoms with van der Waals surface area (Å²) in [5.74, 6) is 0.855. The summed E-state index contributed by atoms with van der Waals surface area (Å²) in [5, 5.41) is 0. The van der Waals surface area contributed by atoms with Gasteiger partial charge in [-0.2, -0.15) is 0 Å². The molecule has 5 nitrogen and oxygen atoms in total. The minimum Gasteiger partial charge on any atom is -0.490 e. The normalized spacial score (nSPS) is 18.3. The highest BCUT2D eigenvalue weighted by atomic mass is 16.6. The van der Waals surface area contributed by atoms with Crippen LogP contribution in [-0.2, 0) is 9.47 Å². The summed E-state index contributed by atoms with van der Waals surface area (Å²) in [4.78, 5) is 16.4. The molecule has 0 atom stereocenters.